The van der Waals surface area contributed by atoms with Crippen LogP contribution in [0.3, 0.4) is 0 Å². The van der Waals surface area contributed by atoms with Crippen LogP contribution in [-0.4, -0.2) is 54.5 Å². The SMILES string of the molecule is COC1O[C@H](CSC(C)=O)[C@@H](OC(C)=O)[C@@H]1OC(C)=O. The fraction of sp³-hybridized carbons (Fsp3) is 0.750. The quantitative estimate of drug-likeness (QED) is 0.679. The van der Waals surface area contributed by atoms with Crippen molar-refractivity contribution in [2.24, 2.45) is 0 Å². The van der Waals surface area contributed by atoms with E-state index >= 15 is 0 Å². The highest BCUT2D eigenvalue weighted by molar-refractivity contribution is 8.13. The van der Waals surface area contributed by atoms with Gasteiger partial charge in [0, 0.05) is 33.6 Å². The van der Waals surface area contributed by atoms with Crippen LogP contribution in [0.2, 0.25) is 0 Å². The van der Waals surface area contributed by atoms with E-state index in [1.807, 2.05) is 0 Å². The Hall–Kier alpha value is -1.12. The minimum atomic E-state index is -0.848. The zero-order valence-corrected chi connectivity index (χ0v) is 12.6. The summed E-state index contributed by atoms with van der Waals surface area (Å²) in [5, 5.41) is -0.0833. The predicted octanol–water partition coefficient (Wildman–Crippen LogP) is 0.501. The molecule has 7 nitrogen and oxygen atoms in total. The van der Waals surface area contributed by atoms with Gasteiger partial charge in [-0.2, -0.15) is 0 Å². The van der Waals surface area contributed by atoms with Crippen molar-refractivity contribution in [2.75, 3.05) is 12.9 Å². The summed E-state index contributed by atoms with van der Waals surface area (Å²) in [5.74, 6) is -0.770. The van der Waals surface area contributed by atoms with Crippen LogP contribution in [0.5, 0.6) is 0 Å². The second-order valence-corrected chi connectivity index (χ2v) is 5.43. The molecule has 0 N–H and O–H groups in total. The molecule has 1 aliphatic heterocycles. The molecule has 0 aromatic carbocycles. The van der Waals surface area contributed by atoms with Gasteiger partial charge in [0.25, 0.3) is 0 Å². The Labute approximate surface area is 121 Å². The highest BCUT2D eigenvalue weighted by atomic mass is 32.2. The average Bonchev–Trinajstić information content (AvgIpc) is 2.63. The van der Waals surface area contributed by atoms with Gasteiger partial charge in [0.1, 0.15) is 6.10 Å². The molecule has 20 heavy (non-hydrogen) atoms. The van der Waals surface area contributed by atoms with Crippen LogP contribution < -0.4 is 0 Å². The molecule has 1 unspecified atom stereocenters. The van der Waals surface area contributed by atoms with Gasteiger partial charge in [0.15, 0.2) is 23.6 Å². The number of esters is 2. The van der Waals surface area contributed by atoms with E-state index in [-0.39, 0.29) is 10.9 Å². The molecule has 4 atom stereocenters. The van der Waals surface area contributed by atoms with Crippen LogP contribution in [-0.2, 0) is 33.3 Å². The van der Waals surface area contributed by atoms with Gasteiger partial charge < -0.3 is 18.9 Å². The Morgan fingerprint density at radius 2 is 1.60 bits per heavy atom. The van der Waals surface area contributed by atoms with Gasteiger partial charge in [0.2, 0.25) is 0 Å². The molecule has 0 amide bonds. The zero-order valence-electron chi connectivity index (χ0n) is 11.8. The maximum atomic E-state index is 11.2. The minimum absolute atomic E-state index is 0.0833. The van der Waals surface area contributed by atoms with Crippen molar-refractivity contribution in [1.82, 2.24) is 0 Å². The molecule has 0 bridgehead atoms. The van der Waals surface area contributed by atoms with E-state index in [4.69, 9.17) is 18.9 Å². The van der Waals surface area contributed by atoms with Crippen LogP contribution in [0.25, 0.3) is 0 Å². The van der Waals surface area contributed by atoms with Gasteiger partial charge in [-0.3, -0.25) is 14.4 Å². The molecule has 0 aromatic heterocycles. The van der Waals surface area contributed by atoms with Crippen molar-refractivity contribution in [3.8, 4) is 0 Å². The van der Waals surface area contributed by atoms with Gasteiger partial charge in [-0.1, -0.05) is 11.8 Å². The molecule has 1 saturated heterocycles. The number of carbonyl (C=O) groups is 3. The first-order valence-corrected chi connectivity index (χ1v) is 6.99. The topological polar surface area (TPSA) is 88.1 Å². The van der Waals surface area contributed by atoms with Gasteiger partial charge in [-0.25, -0.2) is 0 Å². The van der Waals surface area contributed by atoms with E-state index in [1.54, 1.807) is 0 Å². The van der Waals surface area contributed by atoms with Gasteiger partial charge in [-0.05, 0) is 0 Å². The van der Waals surface area contributed by atoms with Crippen LogP contribution >= 0.6 is 11.8 Å². The van der Waals surface area contributed by atoms with Gasteiger partial charge in [0.05, 0.1) is 0 Å². The van der Waals surface area contributed by atoms with Crippen LogP contribution in [0.4, 0.5) is 0 Å². The number of ether oxygens (including phenoxy) is 4. The Morgan fingerprint density at radius 1 is 1.05 bits per heavy atom. The number of rotatable bonds is 5. The summed E-state index contributed by atoms with van der Waals surface area (Å²) in [6.45, 7) is 3.92. The molecular formula is C12H18O7S. The molecule has 1 fully saturated rings. The second kappa shape index (κ2) is 7.61. The van der Waals surface area contributed by atoms with Crippen molar-refractivity contribution in [2.45, 2.75) is 45.4 Å². The molecule has 1 heterocycles. The summed E-state index contributed by atoms with van der Waals surface area (Å²) < 4.78 is 20.9. The highest BCUT2D eigenvalue weighted by Gasteiger charge is 2.49. The van der Waals surface area contributed by atoms with Crippen molar-refractivity contribution in [1.29, 1.82) is 0 Å². The average molecular weight is 306 g/mol. The summed E-state index contributed by atoms with van der Waals surface area (Å²) in [6.07, 6.45) is -3.06. The smallest absolute Gasteiger partial charge is 0.303 e. The third kappa shape index (κ3) is 4.77. The summed E-state index contributed by atoms with van der Waals surface area (Å²) in [6, 6.07) is 0. The summed E-state index contributed by atoms with van der Waals surface area (Å²) in [4.78, 5) is 33.3. The van der Waals surface area contributed by atoms with Crippen LogP contribution in [0.1, 0.15) is 20.8 Å². The maximum absolute atomic E-state index is 11.2. The van der Waals surface area contributed by atoms with Gasteiger partial charge >= 0.3 is 11.9 Å². The van der Waals surface area contributed by atoms with Crippen molar-refractivity contribution in [3.05, 3.63) is 0 Å². The first-order valence-electron chi connectivity index (χ1n) is 6.01. The van der Waals surface area contributed by atoms with E-state index in [1.165, 1.54) is 27.9 Å². The Kier molecular flexibility index (Phi) is 6.44. The van der Waals surface area contributed by atoms with E-state index in [2.05, 4.69) is 0 Å². The van der Waals surface area contributed by atoms with E-state index < -0.39 is 36.5 Å². The number of methoxy groups -OCH3 is 1. The van der Waals surface area contributed by atoms with Crippen molar-refractivity contribution >= 4 is 28.8 Å². The maximum Gasteiger partial charge on any atom is 0.303 e. The van der Waals surface area contributed by atoms with E-state index in [9.17, 15) is 14.4 Å². The molecule has 8 heteroatoms. The lowest BCUT2D eigenvalue weighted by Gasteiger charge is -2.22. The predicted molar refractivity (Wildman–Crippen MR) is 69.9 cm³/mol. The summed E-state index contributed by atoms with van der Waals surface area (Å²) in [7, 11) is 1.40. The molecule has 0 aliphatic carbocycles. The first-order chi connectivity index (χ1) is 9.35. The highest BCUT2D eigenvalue weighted by Crippen LogP contribution is 2.29. The monoisotopic (exact) mass is 306 g/mol. The molecular weight excluding hydrogens is 288 g/mol. The Morgan fingerprint density at radius 3 is 2.05 bits per heavy atom. The summed E-state index contributed by atoms with van der Waals surface area (Å²) >= 11 is 1.04. The second-order valence-electron chi connectivity index (χ2n) is 4.23. The zero-order chi connectivity index (χ0) is 15.3. The minimum Gasteiger partial charge on any atom is -0.456 e. The number of hydrogen-bond acceptors (Lipinski definition) is 8. The standard InChI is InChI=1S/C12H18O7S/c1-6(13)17-10-9(5-20-8(3)15)19-12(16-4)11(10)18-7(2)14/h9-12H,5H2,1-4H3/t9-,10-,11+,12?/m1/s1. The number of hydrogen-bond donors (Lipinski definition) is 0. The number of thioether (sulfide) groups is 1. The Balaban J connectivity index is 2.84. The lowest BCUT2D eigenvalue weighted by atomic mass is 10.1. The summed E-state index contributed by atoms with van der Waals surface area (Å²) in [5.41, 5.74) is 0. The van der Waals surface area contributed by atoms with Crippen molar-refractivity contribution in [3.63, 3.8) is 0 Å². The third-order valence-corrected chi connectivity index (χ3v) is 3.46. The fourth-order valence-electron chi connectivity index (χ4n) is 1.87. The van der Waals surface area contributed by atoms with Crippen LogP contribution in [0, 0.1) is 0 Å². The van der Waals surface area contributed by atoms with E-state index in [0.29, 0.717) is 0 Å². The molecule has 0 radical (unpaired) electrons. The van der Waals surface area contributed by atoms with E-state index in [0.717, 1.165) is 11.8 Å². The molecule has 0 saturated carbocycles. The van der Waals surface area contributed by atoms with Crippen LogP contribution in [0.15, 0.2) is 0 Å². The Bertz CT molecular complexity index is 384. The largest absolute Gasteiger partial charge is 0.456 e. The normalized spacial score (nSPS) is 29.0. The van der Waals surface area contributed by atoms with Gasteiger partial charge in [-0.15, -0.1) is 0 Å². The molecule has 1 aliphatic rings. The lowest BCUT2D eigenvalue weighted by molar-refractivity contribution is -0.180. The fourth-order valence-corrected chi connectivity index (χ4v) is 2.53. The van der Waals surface area contributed by atoms with Crippen molar-refractivity contribution < 1.29 is 33.3 Å². The molecule has 114 valence electrons. The molecule has 0 spiro atoms. The number of carbonyl (C=O) groups excluding carboxylic acids is 3. The lowest BCUT2D eigenvalue weighted by Crippen LogP contribution is -2.40. The molecule has 0 aromatic rings. The third-order valence-electron chi connectivity index (χ3n) is 2.55. The first kappa shape index (κ1) is 16.9. The molecule has 1 rings (SSSR count).